The summed E-state index contributed by atoms with van der Waals surface area (Å²) in [5.41, 5.74) is 0.314. The zero-order chi connectivity index (χ0) is 21.4. The monoisotopic (exact) mass is 423 g/mol. The van der Waals surface area contributed by atoms with Gasteiger partial charge in [-0.2, -0.15) is 13.2 Å². The number of rotatable bonds is 5. The number of fused-ring (bicyclic) bond motifs is 1. The lowest BCUT2D eigenvalue weighted by molar-refractivity contribution is -0.137. The van der Waals surface area contributed by atoms with E-state index in [-0.39, 0.29) is 4.90 Å². The molecule has 0 aliphatic heterocycles. The zero-order valence-corrected chi connectivity index (χ0v) is 16.9. The summed E-state index contributed by atoms with van der Waals surface area (Å²) in [5.74, 6) is 0.466. The normalized spacial score (nSPS) is 13.4. The van der Waals surface area contributed by atoms with Gasteiger partial charge in [-0.3, -0.25) is 0 Å². The molecule has 29 heavy (non-hydrogen) atoms. The van der Waals surface area contributed by atoms with E-state index in [9.17, 15) is 21.6 Å². The Hall–Kier alpha value is -2.68. The quantitative estimate of drug-likeness (QED) is 0.598. The molecule has 0 saturated carbocycles. The van der Waals surface area contributed by atoms with Gasteiger partial charge in [-0.15, -0.1) is 0 Å². The molecule has 1 heterocycles. The van der Waals surface area contributed by atoms with Gasteiger partial charge in [-0.05, 0) is 49.7 Å². The Kier molecular flexibility index (Phi) is 5.53. The third-order valence-electron chi connectivity index (χ3n) is 4.79. The Morgan fingerprint density at radius 2 is 1.83 bits per heavy atom. The lowest BCUT2D eigenvalue weighted by Gasteiger charge is -2.30. The molecule has 0 spiro atoms. The van der Waals surface area contributed by atoms with E-state index in [0.717, 1.165) is 18.4 Å². The van der Waals surface area contributed by atoms with E-state index in [1.54, 1.807) is 19.1 Å². The Morgan fingerprint density at radius 1 is 1.10 bits per heavy atom. The Balaban J connectivity index is 2.12. The van der Waals surface area contributed by atoms with Gasteiger partial charge in [0.25, 0.3) is 0 Å². The molecule has 9 heteroatoms. The second kappa shape index (κ2) is 7.62. The standard InChI is InChI=1S/C20H20F3N3O2S/c1-4-26(13(2)14-6-5-7-15(10-14)20(21,22)23)19-17-11-16(29(3,27)28)8-9-18(17)24-12-25-19/h5-13H,4H2,1-3H3. The van der Waals surface area contributed by atoms with Crippen LogP contribution in [-0.4, -0.2) is 31.2 Å². The summed E-state index contributed by atoms with van der Waals surface area (Å²) in [4.78, 5) is 10.4. The van der Waals surface area contributed by atoms with Crippen molar-refractivity contribution in [2.24, 2.45) is 0 Å². The molecule has 0 aliphatic rings. The highest BCUT2D eigenvalue weighted by atomic mass is 32.2. The topological polar surface area (TPSA) is 63.2 Å². The fraction of sp³-hybridized carbons (Fsp3) is 0.300. The minimum absolute atomic E-state index is 0.129. The van der Waals surface area contributed by atoms with E-state index >= 15 is 0 Å². The van der Waals surface area contributed by atoms with E-state index < -0.39 is 27.6 Å². The van der Waals surface area contributed by atoms with Crippen LogP contribution in [-0.2, 0) is 16.0 Å². The molecule has 0 aliphatic carbocycles. The maximum absolute atomic E-state index is 13.1. The summed E-state index contributed by atoms with van der Waals surface area (Å²) in [7, 11) is -3.44. The highest BCUT2D eigenvalue weighted by Crippen LogP contribution is 2.34. The van der Waals surface area contributed by atoms with Gasteiger partial charge in [0.2, 0.25) is 0 Å². The fourth-order valence-corrected chi connectivity index (χ4v) is 3.89. The first-order valence-corrected chi connectivity index (χ1v) is 10.8. The number of hydrogen-bond donors (Lipinski definition) is 0. The number of nitrogens with zero attached hydrogens (tertiary/aromatic N) is 3. The van der Waals surface area contributed by atoms with Crippen molar-refractivity contribution in [3.05, 3.63) is 59.9 Å². The van der Waals surface area contributed by atoms with Crippen molar-refractivity contribution < 1.29 is 21.6 Å². The first-order valence-electron chi connectivity index (χ1n) is 8.91. The van der Waals surface area contributed by atoms with Gasteiger partial charge in [-0.1, -0.05) is 12.1 Å². The molecule has 0 amide bonds. The van der Waals surface area contributed by atoms with E-state index in [1.165, 1.54) is 24.5 Å². The minimum Gasteiger partial charge on any atom is -0.350 e. The van der Waals surface area contributed by atoms with Gasteiger partial charge in [0.15, 0.2) is 9.84 Å². The molecular formula is C20H20F3N3O2S. The number of benzene rings is 2. The maximum Gasteiger partial charge on any atom is 0.416 e. The van der Waals surface area contributed by atoms with Gasteiger partial charge in [0.05, 0.1) is 22.0 Å². The molecule has 154 valence electrons. The van der Waals surface area contributed by atoms with Crippen molar-refractivity contribution in [1.82, 2.24) is 9.97 Å². The van der Waals surface area contributed by atoms with Gasteiger partial charge in [-0.25, -0.2) is 18.4 Å². The molecule has 1 aromatic heterocycles. The summed E-state index contributed by atoms with van der Waals surface area (Å²) in [5, 5.41) is 0.524. The van der Waals surface area contributed by atoms with E-state index in [1.807, 2.05) is 11.8 Å². The lowest BCUT2D eigenvalue weighted by atomic mass is 10.0. The predicted molar refractivity (Wildman–Crippen MR) is 106 cm³/mol. The summed E-state index contributed by atoms with van der Waals surface area (Å²) < 4.78 is 63.2. The van der Waals surface area contributed by atoms with Crippen molar-refractivity contribution in [3.8, 4) is 0 Å². The van der Waals surface area contributed by atoms with Crippen LogP contribution in [0.3, 0.4) is 0 Å². The fourth-order valence-electron chi connectivity index (χ4n) is 3.24. The first kappa shape index (κ1) is 21.0. The highest BCUT2D eigenvalue weighted by molar-refractivity contribution is 7.90. The molecule has 1 unspecified atom stereocenters. The summed E-state index contributed by atoms with van der Waals surface area (Å²) >= 11 is 0. The third kappa shape index (κ3) is 4.34. The van der Waals surface area contributed by atoms with E-state index in [4.69, 9.17) is 0 Å². The van der Waals surface area contributed by atoms with Crippen LogP contribution in [0.4, 0.5) is 19.0 Å². The van der Waals surface area contributed by atoms with Crippen LogP contribution in [0.1, 0.15) is 31.0 Å². The zero-order valence-electron chi connectivity index (χ0n) is 16.1. The number of sulfone groups is 1. The van der Waals surface area contributed by atoms with Crippen molar-refractivity contribution in [3.63, 3.8) is 0 Å². The van der Waals surface area contributed by atoms with Crippen LogP contribution in [0.2, 0.25) is 0 Å². The largest absolute Gasteiger partial charge is 0.416 e. The molecule has 1 atom stereocenters. The van der Waals surface area contributed by atoms with E-state index in [2.05, 4.69) is 9.97 Å². The lowest BCUT2D eigenvalue weighted by Crippen LogP contribution is -2.28. The van der Waals surface area contributed by atoms with Gasteiger partial charge >= 0.3 is 6.18 Å². The van der Waals surface area contributed by atoms with Crippen molar-refractivity contribution in [1.29, 1.82) is 0 Å². The molecule has 3 aromatic rings. The van der Waals surface area contributed by atoms with Crippen LogP contribution in [0.25, 0.3) is 10.9 Å². The van der Waals surface area contributed by atoms with Crippen LogP contribution in [0, 0.1) is 0 Å². The van der Waals surface area contributed by atoms with Gasteiger partial charge < -0.3 is 4.90 Å². The summed E-state index contributed by atoms with van der Waals surface area (Å²) in [6.07, 6.45) is -1.96. The number of halogens is 3. The minimum atomic E-state index is -4.43. The molecule has 0 fully saturated rings. The van der Waals surface area contributed by atoms with Crippen molar-refractivity contribution >= 4 is 26.6 Å². The molecule has 0 bridgehead atoms. The summed E-state index contributed by atoms with van der Waals surface area (Å²) in [6.45, 7) is 4.10. The molecule has 0 N–H and O–H groups in total. The average molecular weight is 423 g/mol. The molecule has 5 nitrogen and oxygen atoms in total. The van der Waals surface area contributed by atoms with Crippen LogP contribution >= 0.6 is 0 Å². The number of hydrogen-bond acceptors (Lipinski definition) is 5. The second-order valence-electron chi connectivity index (χ2n) is 6.73. The van der Waals surface area contributed by atoms with Crippen LogP contribution in [0.15, 0.2) is 53.7 Å². The average Bonchev–Trinajstić information content (AvgIpc) is 2.67. The molecule has 3 rings (SSSR count). The predicted octanol–water partition coefficient (Wildman–Crippen LogP) is 4.64. The molecule has 0 saturated heterocycles. The smallest absolute Gasteiger partial charge is 0.350 e. The maximum atomic E-state index is 13.1. The van der Waals surface area contributed by atoms with E-state index in [0.29, 0.717) is 28.8 Å². The Labute approximate surface area is 167 Å². The van der Waals surface area contributed by atoms with Crippen molar-refractivity contribution in [2.45, 2.75) is 31.0 Å². The molecule has 0 radical (unpaired) electrons. The number of alkyl halides is 3. The van der Waals surface area contributed by atoms with Crippen molar-refractivity contribution in [2.75, 3.05) is 17.7 Å². The van der Waals surface area contributed by atoms with Crippen LogP contribution < -0.4 is 4.90 Å². The van der Waals surface area contributed by atoms with Gasteiger partial charge in [0, 0.05) is 18.2 Å². The Morgan fingerprint density at radius 3 is 2.45 bits per heavy atom. The van der Waals surface area contributed by atoms with Gasteiger partial charge in [0.1, 0.15) is 12.1 Å². The third-order valence-corrected chi connectivity index (χ3v) is 5.90. The Bertz CT molecular complexity index is 1150. The SMILES string of the molecule is CCN(c1ncnc2ccc(S(C)(=O)=O)cc12)C(C)c1cccc(C(F)(F)F)c1. The molecular weight excluding hydrogens is 403 g/mol. The molecule has 2 aromatic carbocycles. The highest BCUT2D eigenvalue weighted by Gasteiger charge is 2.31. The number of anilines is 1. The second-order valence-corrected chi connectivity index (χ2v) is 8.75. The first-order chi connectivity index (χ1) is 13.5. The number of aromatic nitrogens is 2. The van der Waals surface area contributed by atoms with Crippen LogP contribution in [0.5, 0.6) is 0 Å². The summed E-state index contributed by atoms with van der Waals surface area (Å²) in [6, 6.07) is 9.31.